The van der Waals surface area contributed by atoms with Gasteiger partial charge in [0.2, 0.25) is 0 Å². The molecule has 0 unspecified atom stereocenters. The van der Waals surface area contributed by atoms with Crippen LogP contribution < -0.4 is 15.6 Å². The standard InChI is InChI=1S/C24H34N4O3S/c1-2-30-20-7-8-22-18(15-20)14-19(23(29)26-22)17-28(12-11-27-9-3-4-10-27)24(32)25-16-21-6-5-13-31-21/h7-8,14-15,21H,2-6,9-13,16-17H2,1H3,(H,25,32)(H,26,29)/t21-/m0/s1. The number of ether oxygens (including phenoxy) is 2. The maximum atomic E-state index is 12.8. The van der Waals surface area contributed by atoms with Crippen molar-refractivity contribution in [3.63, 3.8) is 0 Å². The van der Waals surface area contributed by atoms with Gasteiger partial charge in [-0.1, -0.05) is 0 Å². The maximum Gasteiger partial charge on any atom is 0.253 e. The Morgan fingerprint density at radius 2 is 2.16 bits per heavy atom. The Labute approximate surface area is 195 Å². The zero-order valence-corrected chi connectivity index (χ0v) is 19.7. The fraction of sp³-hybridized carbons (Fsp3) is 0.583. The van der Waals surface area contributed by atoms with Crippen molar-refractivity contribution < 1.29 is 9.47 Å². The van der Waals surface area contributed by atoms with Crippen LogP contribution in [0.25, 0.3) is 10.9 Å². The molecule has 2 N–H and O–H groups in total. The second-order valence-electron chi connectivity index (χ2n) is 8.60. The van der Waals surface area contributed by atoms with Crippen LogP contribution in [0.15, 0.2) is 29.1 Å². The van der Waals surface area contributed by atoms with E-state index >= 15 is 0 Å². The summed E-state index contributed by atoms with van der Waals surface area (Å²) in [7, 11) is 0. The van der Waals surface area contributed by atoms with Crippen LogP contribution in [0.5, 0.6) is 5.75 Å². The molecule has 1 aromatic carbocycles. The topological polar surface area (TPSA) is 69.8 Å². The number of pyridine rings is 1. The zero-order chi connectivity index (χ0) is 22.3. The number of H-pyrrole nitrogens is 1. The molecule has 0 bridgehead atoms. The van der Waals surface area contributed by atoms with Crippen LogP contribution in [0, 0.1) is 0 Å². The van der Waals surface area contributed by atoms with Gasteiger partial charge in [-0.2, -0.15) is 0 Å². The molecule has 2 aliphatic rings. The number of aromatic nitrogens is 1. The number of rotatable bonds is 9. The van der Waals surface area contributed by atoms with Crippen LogP contribution in [0.1, 0.15) is 38.2 Å². The summed E-state index contributed by atoms with van der Waals surface area (Å²) in [6.45, 7) is 8.59. The number of nitrogens with zero attached hydrogens (tertiary/aromatic N) is 2. The van der Waals surface area contributed by atoms with Crippen molar-refractivity contribution in [1.29, 1.82) is 0 Å². The van der Waals surface area contributed by atoms with Crippen LogP contribution in [0.3, 0.4) is 0 Å². The molecule has 0 radical (unpaired) electrons. The van der Waals surface area contributed by atoms with Crippen molar-refractivity contribution in [2.24, 2.45) is 0 Å². The van der Waals surface area contributed by atoms with Crippen molar-refractivity contribution in [2.45, 2.75) is 45.3 Å². The average Bonchev–Trinajstić information content (AvgIpc) is 3.50. The van der Waals surface area contributed by atoms with Crippen LogP contribution in [0.4, 0.5) is 0 Å². The van der Waals surface area contributed by atoms with E-state index in [9.17, 15) is 4.79 Å². The summed E-state index contributed by atoms with van der Waals surface area (Å²) >= 11 is 5.75. The van der Waals surface area contributed by atoms with Crippen molar-refractivity contribution in [2.75, 3.05) is 45.9 Å². The molecule has 7 nitrogen and oxygen atoms in total. The van der Waals surface area contributed by atoms with Gasteiger partial charge in [0.05, 0.1) is 19.3 Å². The van der Waals surface area contributed by atoms with Crippen molar-refractivity contribution >= 4 is 28.2 Å². The van der Waals surface area contributed by atoms with E-state index in [2.05, 4.69) is 20.1 Å². The van der Waals surface area contributed by atoms with Gasteiger partial charge in [0.15, 0.2) is 5.11 Å². The summed E-state index contributed by atoms with van der Waals surface area (Å²) in [5.74, 6) is 0.803. The Morgan fingerprint density at radius 1 is 1.31 bits per heavy atom. The first kappa shape index (κ1) is 23.0. The Hall–Kier alpha value is -2.16. The summed E-state index contributed by atoms with van der Waals surface area (Å²) in [6.07, 6.45) is 4.90. The third-order valence-electron chi connectivity index (χ3n) is 6.24. The molecule has 2 aliphatic heterocycles. The average molecular weight is 459 g/mol. The minimum Gasteiger partial charge on any atom is -0.494 e. The zero-order valence-electron chi connectivity index (χ0n) is 18.9. The maximum absolute atomic E-state index is 12.8. The van der Waals surface area contributed by atoms with Gasteiger partial charge in [0, 0.05) is 42.7 Å². The number of thiocarbonyl (C=S) groups is 1. The van der Waals surface area contributed by atoms with Gasteiger partial charge in [-0.05, 0) is 82.2 Å². The molecule has 2 aromatic rings. The summed E-state index contributed by atoms with van der Waals surface area (Å²) in [6, 6.07) is 7.71. The highest BCUT2D eigenvalue weighted by atomic mass is 32.1. The summed E-state index contributed by atoms with van der Waals surface area (Å²) in [5.41, 5.74) is 1.44. The van der Waals surface area contributed by atoms with Crippen molar-refractivity contribution in [3.8, 4) is 5.75 Å². The highest BCUT2D eigenvalue weighted by Crippen LogP contribution is 2.20. The number of nitrogens with one attached hydrogen (secondary N) is 2. The van der Waals surface area contributed by atoms with Crippen LogP contribution in [-0.2, 0) is 11.3 Å². The number of benzene rings is 1. The highest BCUT2D eigenvalue weighted by molar-refractivity contribution is 7.80. The van der Waals surface area contributed by atoms with Gasteiger partial charge in [-0.3, -0.25) is 4.79 Å². The SMILES string of the molecule is CCOc1ccc2[nH]c(=O)c(CN(CCN3CCCC3)C(=S)NC[C@@H]3CCCO3)cc2c1. The summed E-state index contributed by atoms with van der Waals surface area (Å²) < 4.78 is 11.4. The van der Waals surface area contributed by atoms with E-state index in [1.165, 1.54) is 12.8 Å². The minimum atomic E-state index is -0.0743. The van der Waals surface area contributed by atoms with Crippen LogP contribution in [0.2, 0.25) is 0 Å². The molecular formula is C24H34N4O3S. The number of aromatic amines is 1. The number of hydrogen-bond acceptors (Lipinski definition) is 5. The quantitative estimate of drug-likeness (QED) is 0.560. The molecule has 174 valence electrons. The second-order valence-corrected chi connectivity index (χ2v) is 8.98. The van der Waals surface area contributed by atoms with Gasteiger partial charge >= 0.3 is 0 Å². The molecule has 8 heteroatoms. The van der Waals surface area contributed by atoms with E-state index in [1.807, 2.05) is 31.2 Å². The Kier molecular flexibility index (Phi) is 8.00. The summed E-state index contributed by atoms with van der Waals surface area (Å²) in [5, 5.41) is 5.03. The largest absolute Gasteiger partial charge is 0.494 e. The number of fused-ring (bicyclic) bond motifs is 1. The Bertz CT molecular complexity index is 967. The van der Waals surface area contributed by atoms with Crippen LogP contribution in [-0.4, -0.2) is 71.9 Å². The highest BCUT2D eigenvalue weighted by Gasteiger charge is 2.20. The Morgan fingerprint density at radius 3 is 2.91 bits per heavy atom. The lowest BCUT2D eigenvalue weighted by atomic mass is 10.1. The molecular weight excluding hydrogens is 424 g/mol. The predicted octanol–water partition coefficient (Wildman–Crippen LogP) is 2.88. The fourth-order valence-corrected chi connectivity index (χ4v) is 4.69. The molecule has 32 heavy (non-hydrogen) atoms. The van der Waals surface area contributed by atoms with Crippen LogP contribution >= 0.6 is 12.2 Å². The van der Waals surface area contributed by atoms with Crippen molar-refractivity contribution in [1.82, 2.24) is 20.1 Å². The van der Waals surface area contributed by atoms with E-state index in [-0.39, 0.29) is 11.7 Å². The smallest absolute Gasteiger partial charge is 0.253 e. The summed E-state index contributed by atoms with van der Waals surface area (Å²) in [4.78, 5) is 20.4. The van der Waals surface area contributed by atoms with Crippen molar-refractivity contribution in [3.05, 3.63) is 40.2 Å². The molecule has 3 heterocycles. The number of likely N-dealkylation sites (tertiary alicyclic amines) is 1. The molecule has 0 amide bonds. The van der Waals surface area contributed by atoms with E-state index in [0.717, 1.165) is 62.3 Å². The van der Waals surface area contributed by atoms with Gasteiger partial charge in [-0.25, -0.2) is 0 Å². The Balaban J connectivity index is 1.49. The van der Waals surface area contributed by atoms with Gasteiger partial charge in [-0.15, -0.1) is 0 Å². The van der Waals surface area contributed by atoms with E-state index in [4.69, 9.17) is 21.7 Å². The normalized spacial score (nSPS) is 18.8. The van der Waals surface area contributed by atoms with Gasteiger partial charge in [0.1, 0.15) is 5.75 Å². The molecule has 2 saturated heterocycles. The third kappa shape index (κ3) is 5.99. The predicted molar refractivity (Wildman–Crippen MR) is 131 cm³/mol. The number of hydrogen-bond donors (Lipinski definition) is 2. The third-order valence-corrected chi connectivity index (χ3v) is 6.64. The van der Waals surface area contributed by atoms with Gasteiger partial charge in [0.25, 0.3) is 5.56 Å². The fourth-order valence-electron chi connectivity index (χ4n) is 4.45. The molecule has 1 atom stereocenters. The monoisotopic (exact) mass is 458 g/mol. The molecule has 0 spiro atoms. The molecule has 4 rings (SSSR count). The first-order valence-electron chi connectivity index (χ1n) is 11.8. The molecule has 1 aromatic heterocycles. The minimum absolute atomic E-state index is 0.0743. The molecule has 0 saturated carbocycles. The first-order chi connectivity index (χ1) is 15.6. The van der Waals surface area contributed by atoms with E-state index in [0.29, 0.717) is 30.4 Å². The second kappa shape index (κ2) is 11.1. The molecule has 2 fully saturated rings. The van der Waals surface area contributed by atoms with Gasteiger partial charge < -0.3 is 29.6 Å². The molecule has 0 aliphatic carbocycles. The lowest BCUT2D eigenvalue weighted by Crippen LogP contribution is -2.45. The lowest BCUT2D eigenvalue weighted by molar-refractivity contribution is 0.113. The lowest BCUT2D eigenvalue weighted by Gasteiger charge is -2.28. The van der Waals surface area contributed by atoms with E-state index in [1.54, 1.807) is 0 Å². The van der Waals surface area contributed by atoms with E-state index < -0.39 is 0 Å². The first-order valence-corrected chi connectivity index (χ1v) is 12.2.